The van der Waals surface area contributed by atoms with E-state index >= 15 is 0 Å². The van der Waals surface area contributed by atoms with Gasteiger partial charge < -0.3 is 5.32 Å². The predicted octanol–water partition coefficient (Wildman–Crippen LogP) is 1.70. The second-order valence-corrected chi connectivity index (χ2v) is 4.59. The number of hydrogen-bond donors (Lipinski definition) is 1. The molecular formula is C13H13N5O. The number of aryl methyl sites for hydroxylation is 1. The molecule has 0 unspecified atom stereocenters. The Balaban J connectivity index is 1.79. The lowest BCUT2D eigenvalue weighted by Crippen LogP contribution is -2.15. The average Bonchev–Trinajstić information content (AvgIpc) is 3.24. The molecule has 2 heterocycles. The highest BCUT2D eigenvalue weighted by Gasteiger charge is 2.27. The van der Waals surface area contributed by atoms with Gasteiger partial charge in [0.25, 0.3) is 5.91 Å². The monoisotopic (exact) mass is 255 g/mol. The molecule has 0 aromatic carbocycles. The molecule has 1 saturated carbocycles. The Bertz CT molecular complexity index is 610. The molecule has 0 saturated heterocycles. The number of hydrogen-bond acceptors (Lipinski definition) is 5. The van der Waals surface area contributed by atoms with Crippen molar-refractivity contribution in [3.63, 3.8) is 0 Å². The van der Waals surface area contributed by atoms with Crippen LogP contribution in [0, 0.1) is 6.92 Å². The van der Waals surface area contributed by atoms with Crippen LogP contribution in [0.1, 0.15) is 40.6 Å². The normalized spacial score (nSPS) is 14.2. The maximum absolute atomic E-state index is 12.1. The first-order valence-corrected chi connectivity index (χ1v) is 6.15. The maximum Gasteiger partial charge on any atom is 0.259 e. The summed E-state index contributed by atoms with van der Waals surface area (Å²) in [7, 11) is 0. The molecule has 0 aliphatic heterocycles. The summed E-state index contributed by atoms with van der Waals surface area (Å²) in [5.41, 5.74) is 1.79. The molecule has 6 nitrogen and oxygen atoms in total. The van der Waals surface area contributed by atoms with Gasteiger partial charge in [0.15, 0.2) is 0 Å². The van der Waals surface area contributed by atoms with Crippen LogP contribution in [0.4, 0.5) is 5.69 Å². The Hall–Kier alpha value is -2.37. The van der Waals surface area contributed by atoms with Gasteiger partial charge in [0.1, 0.15) is 5.82 Å². The SMILES string of the molecule is Cc1nc(C2CC2)ncc1C(=O)Nc1ccnnc1. The second kappa shape index (κ2) is 4.72. The van der Waals surface area contributed by atoms with Crippen LogP contribution >= 0.6 is 0 Å². The predicted molar refractivity (Wildman–Crippen MR) is 68.7 cm³/mol. The minimum atomic E-state index is -0.229. The van der Waals surface area contributed by atoms with Gasteiger partial charge in [-0.25, -0.2) is 9.97 Å². The van der Waals surface area contributed by atoms with Crippen LogP contribution in [0.5, 0.6) is 0 Å². The number of nitrogens with zero attached hydrogens (tertiary/aromatic N) is 4. The summed E-state index contributed by atoms with van der Waals surface area (Å²) in [6, 6.07) is 1.68. The fourth-order valence-electron chi connectivity index (χ4n) is 1.81. The van der Waals surface area contributed by atoms with Gasteiger partial charge in [-0.15, -0.1) is 0 Å². The average molecular weight is 255 g/mol. The summed E-state index contributed by atoms with van der Waals surface area (Å²) in [5, 5.41) is 10.1. The van der Waals surface area contributed by atoms with E-state index in [9.17, 15) is 4.79 Å². The Morgan fingerprint density at radius 1 is 1.32 bits per heavy atom. The lowest BCUT2D eigenvalue weighted by atomic mass is 10.2. The quantitative estimate of drug-likeness (QED) is 0.902. The van der Waals surface area contributed by atoms with E-state index in [-0.39, 0.29) is 5.91 Å². The van der Waals surface area contributed by atoms with E-state index in [1.807, 2.05) is 6.92 Å². The van der Waals surface area contributed by atoms with E-state index in [1.54, 1.807) is 12.3 Å². The van der Waals surface area contributed by atoms with E-state index in [4.69, 9.17) is 0 Å². The molecule has 1 amide bonds. The summed E-state index contributed by atoms with van der Waals surface area (Å²) in [6.45, 7) is 1.83. The summed E-state index contributed by atoms with van der Waals surface area (Å²) < 4.78 is 0. The van der Waals surface area contributed by atoms with Gasteiger partial charge in [-0.3, -0.25) is 4.79 Å². The van der Waals surface area contributed by atoms with Crippen LogP contribution in [-0.4, -0.2) is 26.1 Å². The third-order valence-electron chi connectivity index (χ3n) is 3.03. The molecular weight excluding hydrogens is 242 g/mol. The van der Waals surface area contributed by atoms with Crippen molar-refractivity contribution in [3.05, 3.63) is 41.7 Å². The molecule has 1 fully saturated rings. The van der Waals surface area contributed by atoms with Crippen molar-refractivity contribution in [2.45, 2.75) is 25.7 Å². The number of carbonyl (C=O) groups excluding carboxylic acids is 1. The van der Waals surface area contributed by atoms with Crippen molar-refractivity contribution in [3.8, 4) is 0 Å². The second-order valence-electron chi connectivity index (χ2n) is 4.59. The molecule has 2 aromatic rings. The molecule has 1 N–H and O–H groups in total. The van der Waals surface area contributed by atoms with Gasteiger partial charge in [0, 0.05) is 12.1 Å². The fraction of sp³-hybridized carbons (Fsp3) is 0.308. The van der Waals surface area contributed by atoms with Gasteiger partial charge in [0.05, 0.1) is 29.3 Å². The van der Waals surface area contributed by atoms with Crippen molar-refractivity contribution in [2.75, 3.05) is 5.32 Å². The van der Waals surface area contributed by atoms with Gasteiger partial charge in [-0.1, -0.05) is 0 Å². The highest BCUT2D eigenvalue weighted by Crippen LogP contribution is 2.37. The number of aromatic nitrogens is 4. The summed E-state index contributed by atoms with van der Waals surface area (Å²) in [6.07, 6.45) is 6.91. The van der Waals surface area contributed by atoms with Crippen LogP contribution in [-0.2, 0) is 0 Å². The molecule has 19 heavy (non-hydrogen) atoms. The molecule has 3 rings (SSSR count). The molecule has 1 aliphatic carbocycles. The molecule has 96 valence electrons. The Labute approximate surface area is 110 Å². The van der Waals surface area contributed by atoms with Crippen LogP contribution in [0.3, 0.4) is 0 Å². The molecule has 0 atom stereocenters. The van der Waals surface area contributed by atoms with Crippen molar-refractivity contribution >= 4 is 11.6 Å². The van der Waals surface area contributed by atoms with Gasteiger partial charge >= 0.3 is 0 Å². The van der Waals surface area contributed by atoms with Gasteiger partial charge in [-0.05, 0) is 25.8 Å². The number of nitrogens with one attached hydrogen (secondary N) is 1. The smallest absolute Gasteiger partial charge is 0.259 e. The molecule has 0 radical (unpaired) electrons. The molecule has 6 heteroatoms. The van der Waals surface area contributed by atoms with E-state index < -0.39 is 0 Å². The minimum absolute atomic E-state index is 0.229. The van der Waals surface area contributed by atoms with E-state index in [0.29, 0.717) is 22.9 Å². The van der Waals surface area contributed by atoms with Gasteiger partial charge in [-0.2, -0.15) is 10.2 Å². The highest BCUT2D eigenvalue weighted by molar-refractivity contribution is 6.04. The summed E-state index contributed by atoms with van der Waals surface area (Å²) in [5.74, 6) is 1.10. The molecule has 0 bridgehead atoms. The first-order valence-electron chi connectivity index (χ1n) is 6.15. The maximum atomic E-state index is 12.1. The van der Waals surface area contributed by atoms with Gasteiger partial charge in [0.2, 0.25) is 0 Å². The third kappa shape index (κ3) is 2.57. The number of amides is 1. The first-order chi connectivity index (χ1) is 9.24. The Morgan fingerprint density at radius 2 is 2.16 bits per heavy atom. The standard InChI is InChI=1S/C13H13N5O/c1-8-11(7-14-12(17-8)9-2-3-9)13(19)18-10-4-5-15-16-6-10/h4-7,9H,2-3H2,1H3,(H,15,18,19). The molecule has 1 aliphatic rings. The Morgan fingerprint density at radius 3 is 2.79 bits per heavy atom. The number of anilines is 1. The summed E-state index contributed by atoms with van der Waals surface area (Å²) >= 11 is 0. The van der Waals surface area contributed by atoms with Crippen LogP contribution < -0.4 is 5.32 Å². The Kier molecular flexibility index (Phi) is 2.91. The van der Waals surface area contributed by atoms with Crippen LogP contribution in [0.25, 0.3) is 0 Å². The first kappa shape index (κ1) is 11.7. The van der Waals surface area contributed by atoms with E-state index in [0.717, 1.165) is 18.7 Å². The third-order valence-corrected chi connectivity index (χ3v) is 3.03. The van der Waals surface area contributed by atoms with Crippen LogP contribution in [0.15, 0.2) is 24.7 Å². The molecule has 2 aromatic heterocycles. The lowest BCUT2D eigenvalue weighted by molar-refractivity contribution is 0.102. The zero-order valence-electron chi connectivity index (χ0n) is 10.5. The van der Waals surface area contributed by atoms with E-state index in [2.05, 4.69) is 25.5 Å². The topological polar surface area (TPSA) is 80.7 Å². The van der Waals surface area contributed by atoms with Crippen molar-refractivity contribution in [1.82, 2.24) is 20.2 Å². The van der Waals surface area contributed by atoms with Crippen molar-refractivity contribution in [1.29, 1.82) is 0 Å². The number of rotatable bonds is 3. The lowest BCUT2D eigenvalue weighted by Gasteiger charge is -2.07. The minimum Gasteiger partial charge on any atom is -0.320 e. The largest absolute Gasteiger partial charge is 0.320 e. The fourth-order valence-corrected chi connectivity index (χ4v) is 1.81. The zero-order chi connectivity index (χ0) is 13.2. The van der Waals surface area contributed by atoms with E-state index in [1.165, 1.54) is 12.4 Å². The van der Waals surface area contributed by atoms with Crippen LogP contribution in [0.2, 0.25) is 0 Å². The highest BCUT2D eigenvalue weighted by atomic mass is 16.1. The van der Waals surface area contributed by atoms with Crippen molar-refractivity contribution < 1.29 is 4.79 Å². The zero-order valence-corrected chi connectivity index (χ0v) is 10.5. The number of carbonyl (C=O) groups is 1. The summed E-state index contributed by atoms with van der Waals surface area (Å²) in [4.78, 5) is 20.8. The van der Waals surface area contributed by atoms with Crippen molar-refractivity contribution in [2.24, 2.45) is 0 Å². The molecule has 0 spiro atoms.